The highest BCUT2D eigenvalue weighted by molar-refractivity contribution is 5.82. The maximum absolute atomic E-state index is 12.1. The van der Waals surface area contributed by atoms with Gasteiger partial charge in [-0.15, -0.1) is 0 Å². The summed E-state index contributed by atoms with van der Waals surface area (Å²) in [5.74, 6) is 0.402. The summed E-state index contributed by atoms with van der Waals surface area (Å²) >= 11 is 0. The van der Waals surface area contributed by atoms with Crippen LogP contribution in [0.15, 0.2) is 11.6 Å². The van der Waals surface area contributed by atoms with Crippen molar-refractivity contribution < 1.29 is 19.1 Å². The van der Waals surface area contributed by atoms with Gasteiger partial charge in [0.05, 0.1) is 23.9 Å². The Morgan fingerprint density at radius 1 is 1.38 bits per heavy atom. The predicted octanol–water partition coefficient (Wildman–Crippen LogP) is 4.01. The molecule has 0 radical (unpaired) electrons. The highest BCUT2D eigenvalue weighted by atomic mass is 16.6. The number of hydrogen-bond acceptors (Lipinski definition) is 4. The lowest BCUT2D eigenvalue weighted by Crippen LogP contribution is -2.52. The zero-order valence-electron chi connectivity index (χ0n) is 15.6. The molecule has 4 unspecified atom stereocenters. The lowest BCUT2D eigenvalue weighted by molar-refractivity contribution is -0.240. The van der Waals surface area contributed by atoms with E-state index in [0.29, 0.717) is 25.2 Å². The van der Waals surface area contributed by atoms with E-state index < -0.39 is 0 Å². The number of Topliss-reactive ketones (excluding diaryl/α,β-unsaturated/α-hetero) is 1. The number of aldehydes is 1. The summed E-state index contributed by atoms with van der Waals surface area (Å²) in [5.41, 5.74) is 0.529. The molecule has 0 aromatic carbocycles. The van der Waals surface area contributed by atoms with Crippen LogP contribution in [0.3, 0.4) is 0 Å². The Labute approximate surface area is 146 Å². The first-order valence-corrected chi connectivity index (χ1v) is 9.22. The zero-order chi connectivity index (χ0) is 17.8. The lowest BCUT2D eigenvalue weighted by atomic mass is 9.88. The van der Waals surface area contributed by atoms with Crippen LogP contribution in [0.1, 0.15) is 72.6 Å². The van der Waals surface area contributed by atoms with Crippen molar-refractivity contribution in [3.63, 3.8) is 0 Å². The molecule has 0 aromatic rings. The summed E-state index contributed by atoms with van der Waals surface area (Å²) < 4.78 is 12.3. The van der Waals surface area contributed by atoms with Crippen molar-refractivity contribution in [1.82, 2.24) is 0 Å². The molecule has 4 atom stereocenters. The Kier molecular flexibility index (Phi) is 6.38. The molecule has 24 heavy (non-hydrogen) atoms. The minimum Gasteiger partial charge on any atom is -0.370 e. The van der Waals surface area contributed by atoms with Gasteiger partial charge in [-0.1, -0.05) is 18.6 Å². The van der Waals surface area contributed by atoms with Gasteiger partial charge in [-0.3, -0.25) is 4.79 Å². The van der Waals surface area contributed by atoms with E-state index in [1.807, 2.05) is 26.8 Å². The van der Waals surface area contributed by atoms with Crippen LogP contribution < -0.4 is 0 Å². The number of ketones is 1. The third-order valence-corrected chi connectivity index (χ3v) is 5.63. The molecule has 4 nitrogen and oxygen atoms in total. The van der Waals surface area contributed by atoms with E-state index in [-0.39, 0.29) is 23.2 Å². The van der Waals surface area contributed by atoms with Gasteiger partial charge in [-0.25, -0.2) is 0 Å². The van der Waals surface area contributed by atoms with Crippen LogP contribution in [0.25, 0.3) is 0 Å². The summed E-state index contributed by atoms with van der Waals surface area (Å²) in [6, 6.07) is 0. The monoisotopic (exact) mass is 336 g/mol. The third-order valence-electron chi connectivity index (χ3n) is 5.63. The molecule has 2 aliphatic heterocycles. The molecule has 2 rings (SSSR count). The van der Waals surface area contributed by atoms with Gasteiger partial charge >= 0.3 is 0 Å². The van der Waals surface area contributed by atoms with Gasteiger partial charge in [0.25, 0.3) is 0 Å². The Morgan fingerprint density at radius 2 is 2.12 bits per heavy atom. The van der Waals surface area contributed by atoms with E-state index in [4.69, 9.17) is 9.47 Å². The first kappa shape index (κ1) is 19.3. The number of allylic oxidation sites excluding steroid dienone is 2. The van der Waals surface area contributed by atoms with Gasteiger partial charge in [0.15, 0.2) is 0 Å². The fourth-order valence-corrected chi connectivity index (χ4v) is 3.76. The van der Waals surface area contributed by atoms with Crippen molar-refractivity contribution in [3.8, 4) is 0 Å². The van der Waals surface area contributed by atoms with E-state index in [2.05, 4.69) is 6.92 Å². The van der Waals surface area contributed by atoms with Gasteiger partial charge in [-0.2, -0.15) is 0 Å². The number of carbonyl (C=O) groups is 2. The van der Waals surface area contributed by atoms with Crippen LogP contribution in [-0.4, -0.2) is 36.0 Å². The Balaban J connectivity index is 1.79. The highest BCUT2D eigenvalue weighted by Gasteiger charge is 2.53. The number of hydrogen-bond donors (Lipinski definition) is 0. The number of ether oxygens (including phenoxy) is 2. The molecule has 0 saturated carbocycles. The molecular weight excluding hydrogens is 304 g/mol. The van der Waals surface area contributed by atoms with Crippen molar-refractivity contribution >= 4 is 12.1 Å². The third kappa shape index (κ3) is 4.54. The lowest BCUT2D eigenvalue weighted by Gasteiger charge is -2.44. The summed E-state index contributed by atoms with van der Waals surface area (Å²) in [7, 11) is 0. The largest absolute Gasteiger partial charge is 0.370 e. The number of rotatable bonds is 9. The predicted molar refractivity (Wildman–Crippen MR) is 93.9 cm³/mol. The molecule has 2 aliphatic rings. The van der Waals surface area contributed by atoms with Crippen molar-refractivity contribution in [2.75, 3.05) is 6.61 Å². The molecule has 0 aromatic heterocycles. The maximum Gasteiger partial charge on any atom is 0.139 e. The van der Waals surface area contributed by atoms with E-state index in [1.54, 1.807) is 0 Å². The minimum atomic E-state index is -0.375. The van der Waals surface area contributed by atoms with Crippen LogP contribution in [-0.2, 0) is 19.1 Å². The zero-order valence-corrected chi connectivity index (χ0v) is 15.6. The number of carbonyl (C=O) groups excluding carboxylic acids is 2. The first-order valence-electron chi connectivity index (χ1n) is 9.22. The molecule has 0 aliphatic carbocycles. The fourth-order valence-electron chi connectivity index (χ4n) is 3.76. The van der Waals surface area contributed by atoms with Gasteiger partial charge in [-0.05, 0) is 52.9 Å². The molecule has 4 heteroatoms. The molecule has 0 N–H and O–H groups in total. The first-order chi connectivity index (χ1) is 11.3. The second-order valence-corrected chi connectivity index (χ2v) is 8.05. The summed E-state index contributed by atoms with van der Waals surface area (Å²) in [4.78, 5) is 23.0. The second kappa shape index (κ2) is 7.92. The van der Waals surface area contributed by atoms with Crippen LogP contribution in [0.4, 0.5) is 0 Å². The van der Waals surface area contributed by atoms with E-state index in [9.17, 15) is 9.59 Å². The van der Waals surface area contributed by atoms with Crippen LogP contribution >= 0.6 is 0 Å². The quantitative estimate of drug-likeness (QED) is 0.471. The standard InChI is InChI=1S/C20H32O4/c1-15(2)7-8-17(22)16(3)6-5-10-19(4)18-9-11-20(24-18,12-13-21)14-23-19/h7,13,16,18H,5-6,8-12,14H2,1-4H3. The SMILES string of the molecule is CC(C)=CCC(=O)C(C)CCCC1(C)OCC2(CC=O)CCC1O2. The van der Waals surface area contributed by atoms with E-state index in [1.165, 1.54) is 5.57 Å². The molecule has 2 fully saturated rings. The van der Waals surface area contributed by atoms with E-state index >= 15 is 0 Å². The van der Waals surface area contributed by atoms with Gasteiger partial charge in [0, 0.05) is 18.8 Å². The average Bonchev–Trinajstić information content (AvgIpc) is 2.91. The van der Waals surface area contributed by atoms with Gasteiger partial charge < -0.3 is 14.3 Å². The van der Waals surface area contributed by atoms with Gasteiger partial charge in [0.2, 0.25) is 0 Å². The van der Waals surface area contributed by atoms with Crippen molar-refractivity contribution in [1.29, 1.82) is 0 Å². The summed E-state index contributed by atoms with van der Waals surface area (Å²) in [6.07, 6.45) is 8.59. The smallest absolute Gasteiger partial charge is 0.139 e. The fraction of sp³-hybridized carbons (Fsp3) is 0.800. The summed E-state index contributed by atoms with van der Waals surface area (Å²) in [5, 5.41) is 0. The minimum absolute atomic E-state index is 0.0721. The van der Waals surface area contributed by atoms with Crippen LogP contribution in [0.2, 0.25) is 0 Å². The topological polar surface area (TPSA) is 52.6 Å². The molecular formula is C20H32O4. The van der Waals surface area contributed by atoms with Crippen molar-refractivity contribution in [2.45, 2.75) is 89.9 Å². The molecule has 0 amide bonds. The molecule has 0 spiro atoms. The number of fused-ring (bicyclic) bond motifs is 2. The van der Waals surface area contributed by atoms with Crippen molar-refractivity contribution in [3.05, 3.63) is 11.6 Å². The normalized spacial score (nSPS) is 33.1. The van der Waals surface area contributed by atoms with Crippen LogP contribution in [0.5, 0.6) is 0 Å². The van der Waals surface area contributed by atoms with Crippen molar-refractivity contribution in [2.24, 2.45) is 5.92 Å². The molecule has 2 bridgehead atoms. The highest BCUT2D eigenvalue weighted by Crippen LogP contribution is 2.45. The average molecular weight is 336 g/mol. The molecule has 2 heterocycles. The summed E-state index contributed by atoms with van der Waals surface area (Å²) in [6.45, 7) is 8.68. The second-order valence-electron chi connectivity index (χ2n) is 8.05. The van der Waals surface area contributed by atoms with E-state index in [0.717, 1.165) is 38.4 Å². The molecule has 136 valence electrons. The maximum atomic E-state index is 12.1. The molecule has 2 saturated heterocycles. The Bertz CT molecular complexity index is 494. The Morgan fingerprint density at radius 3 is 2.79 bits per heavy atom. The Hall–Kier alpha value is -1.00. The van der Waals surface area contributed by atoms with Gasteiger partial charge in [0.1, 0.15) is 12.1 Å². The van der Waals surface area contributed by atoms with Crippen LogP contribution in [0, 0.1) is 5.92 Å².